The van der Waals surface area contributed by atoms with Crippen molar-refractivity contribution in [2.75, 3.05) is 13.7 Å². The number of ether oxygens (including phenoxy) is 1. The number of hydrogen-bond donors (Lipinski definition) is 2. The van der Waals surface area contributed by atoms with Crippen LogP contribution < -0.4 is 15.4 Å². The van der Waals surface area contributed by atoms with Crippen molar-refractivity contribution in [3.8, 4) is 5.75 Å². The fourth-order valence-corrected chi connectivity index (χ4v) is 3.30. The molecular weight excluding hydrogens is 324 g/mol. The van der Waals surface area contributed by atoms with Gasteiger partial charge in [-0.3, -0.25) is 0 Å². The van der Waals surface area contributed by atoms with Gasteiger partial charge in [-0.25, -0.2) is 0 Å². The van der Waals surface area contributed by atoms with Crippen molar-refractivity contribution in [1.29, 1.82) is 0 Å². The number of methoxy groups -OCH3 is 1. The molecule has 4 heteroatoms. The smallest absolute Gasteiger partial charge is 0.176 e. The van der Waals surface area contributed by atoms with E-state index in [1.54, 1.807) is 7.11 Å². The summed E-state index contributed by atoms with van der Waals surface area (Å²) >= 11 is 0. The predicted octanol–water partition coefficient (Wildman–Crippen LogP) is 4.66. The van der Waals surface area contributed by atoms with Gasteiger partial charge in [-0.05, 0) is 38.5 Å². The van der Waals surface area contributed by atoms with Crippen LogP contribution in [-0.4, -0.2) is 19.2 Å². The van der Waals surface area contributed by atoms with Gasteiger partial charge in [0.05, 0.1) is 13.7 Å². The number of rotatable bonds is 8. The number of benzene rings is 2. The second kappa shape index (κ2) is 7.94. The molecule has 0 saturated carbocycles. The lowest BCUT2D eigenvalue weighted by Crippen LogP contribution is -2.48. The molecule has 1 unspecified atom stereocenters. The van der Waals surface area contributed by atoms with Crippen LogP contribution in [0.5, 0.6) is 5.75 Å². The molecule has 0 aliphatic rings. The first-order chi connectivity index (χ1) is 12.5. The molecule has 2 aromatic carbocycles. The Bertz CT molecular complexity index is 840. The molecule has 0 radical (unpaired) electrons. The van der Waals surface area contributed by atoms with Crippen molar-refractivity contribution in [3.05, 3.63) is 65.9 Å². The van der Waals surface area contributed by atoms with Crippen LogP contribution in [0.3, 0.4) is 0 Å². The maximum Gasteiger partial charge on any atom is 0.176 e. The number of furan rings is 1. The monoisotopic (exact) mass is 352 g/mol. The summed E-state index contributed by atoms with van der Waals surface area (Å²) in [6.45, 7) is 8.13. The van der Waals surface area contributed by atoms with E-state index in [9.17, 15) is 0 Å². The average Bonchev–Trinajstić information content (AvgIpc) is 3.04. The predicted molar refractivity (Wildman–Crippen MR) is 107 cm³/mol. The number of fused-ring (bicyclic) bond motifs is 1. The third-order valence-electron chi connectivity index (χ3n) is 4.55. The van der Waals surface area contributed by atoms with Gasteiger partial charge in [-0.15, -0.1) is 0 Å². The van der Waals surface area contributed by atoms with Crippen LogP contribution in [0.1, 0.15) is 38.1 Å². The Morgan fingerprint density at radius 3 is 2.58 bits per heavy atom. The fraction of sp³-hybridized carbons (Fsp3) is 0.364. The Balaban J connectivity index is 1.56. The Morgan fingerprint density at radius 2 is 1.85 bits per heavy atom. The summed E-state index contributed by atoms with van der Waals surface area (Å²) in [6, 6.07) is 18.8. The number of para-hydroxylation sites is 1. The maximum absolute atomic E-state index is 5.95. The Kier molecular flexibility index (Phi) is 5.64. The Morgan fingerprint density at radius 1 is 1.08 bits per heavy atom. The van der Waals surface area contributed by atoms with E-state index in [-0.39, 0.29) is 5.54 Å². The zero-order valence-corrected chi connectivity index (χ0v) is 16.0. The summed E-state index contributed by atoms with van der Waals surface area (Å²) in [5.74, 6) is 1.68. The van der Waals surface area contributed by atoms with E-state index in [2.05, 4.69) is 61.7 Å². The third-order valence-corrected chi connectivity index (χ3v) is 4.55. The topological polar surface area (TPSA) is 46.4 Å². The van der Waals surface area contributed by atoms with Gasteiger partial charge in [0.15, 0.2) is 11.3 Å². The first-order valence-corrected chi connectivity index (χ1v) is 9.07. The normalized spacial score (nSPS) is 13.1. The molecule has 1 atom stereocenters. The van der Waals surface area contributed by atoms with Gasteiger partial charge in [-0.2, -0.15) is 0 Å². The highest BCUT2D eigenvalue weighted by molar-refractivity contribution is 5.83. The van der Waals surface area contributed by atoms with Crippen molar-refractivity contribution >= 4 is 11.0 Å². The van der Waals surface area contributed by atoms with Gasteiger partial charge < -0.3 is 19.8 Å². The summed E-state index contributed by atoms with van der Waals surface area (Å²) < 4.78 is 11.3. The highest BCUT2D eigenvalue weighted by Gasteiger charge is 2.20. The van der Waals surface area contributed by atoms with Crippen molar-refractivity contribution in [3.63, 3.8) is 0 Å². The van der Waals surface area contributed by atoms with Crippen LogP contribution >= 0.6 is 0 Å². The second-order valence-electron chi connectivity index (χ2n) is 7.36. The molecular formula is C22H28N2O2. The molecule has 0 saturated heterocycles. The van der Waals surface area contributed by atoms with E-state index in [1.807, 2.05) is 24.3 Å². The summed E-state index contributed by atoms with van der Waals surface area (Å²) in [7, 11) is 1.66. The summed E-state index contributed by atoms with van der Waals surface area (Å²) in [4.78, 5) is 0. The molecule has 0 fully saturated rings. The van der Waals surface area contributed by atoms with Gasteiger partial charge >= 0.3 is 0 Å². The molecule has 1 aromatic heterocycles. The van der Waals surface area contributed by atoms with Crippen LogP contribution in [-0.2, 0) is 6.54 Å². The summed E-state index contributed by atoms with van der Waals surface area (Å²) in [6.07, 6.45) is 0. The van der Waals surface area contributed by atoms with E-state index in [4.69, 9.17) is 9.15 Å². The van der Waals surface area contributed by atoms with Crippen LogP contribution in [0.4, 0.5) is 0 Å². The van der Waals surface area contributed by atoms with Gasteiger partial charge in [0.1, 0.15) is 5.76 Å². The number of hydrogen-bond acceptors (Lipinski definition) is 4. The van der Waals surface area contributed by atoms with Gasteiger partial charge in [-0.1, -0.05) is 42.5 Å². The van der Waals surface area contributed by atoms with Gasteiger partial charge in [0.25, 0.3) is 0 Å². The molecule has 3 rings (SSSR count). The lowest BCUT2D eigenvalue weighted by Gasteiger charge is -2.31. The van der Waals surface area contributed by atoms with Crippen LogP contribution in [0.15, 0.2) is 59.0 Å². The zero-order valence-electron chi connectivity index (χ0n) is 16.0. The van der Waals surface area contributed by atoms with E-state index in [0.717, 1.165) is 29.0 Å². The minimum absolute atomic E-state index is 0.0427. The highest BCUT2D eigenvalue weighted by atomic mass is 16.5. The molecule has 3 aromatic rings. The second-order valence-corrected chi connectivity index (χ2v) is 7.36. The van der Waals surface area contributed by atoms with Crippen molar-refractivity contribution in [2.45, 2.75) is 38.9 Å². The molecule has 0 amide bonds. The van der Waals surface area contributed by atoms with E-state index in [1.165, 1.54) is 5.56 Å². The molecule has 2 N–H and O–H groups in total. The molecule has 0 bridgehead atoms. The SMILES string of the molecule is COc1cccc2cc(CNCC(C)(C)NC(C)c3ccccc3)oc12. The van der Waals surface area contributed by atoms with Crippen LogP contribution in [0, 0.1) is 0 Å². The molecule has 4 nitrogen and oxygen atoms in total. The minimum Gasteiger partial charge on any atom is -0.493 e. The average molecular weight is 352 g/mol. The molecule has 26 heavy (non-hydrogen) atoms. The quantitative estimate of drug-likeness (QED) is 0.619. The summed E-state index contributed by atoms with van der Waals surface area (Å²) in [5.41, 5.74) is 2.06. The Labute approximate surface area is 155 Å². The summed E-state index contributed by atoms with van der Waals surface area (Å²) in [5, 5.41) is 8.26. The standard InChI is InChI=1S/C22H28N2O2/c1-16(17-9-6-5-7-10-17)24-22(2,3)15-23-14-19-13-18-11-8-12-20(25-4)21(18)26-19/h5-13,16,23-24H,14-15H2,1-4H3. The zero-order chi connectivity index (χ0) is 18.6. The van der Waals surface area contributed by atoms with Gasteiger partial charge in [0, 0.05) is 23.5 Å². The molecule has 0 spiro atoms. The maximum atomic E-state index is 5.95. The van der Waals surface area contributed by atoms with E-state index >= 15 is 0 Å². The first kappa shape index (κ1) is 18.5. The van der Waals surface area contributed by atoms with Crippen molar-refractivity contribution in [1.82, 2.24) is 10.6 Å². The third kappa shape index (κ3) is 4.45. The van der Waals surface area contributed by atoms with Crippen LogP contribution in [0.2, 0.25) is 0 Å². The van der Waals surface area contributed by atoms with E-state index in [0.29, 0.717) is 12.6 Å². The molecule has 138 valence electrons. The first-order valence-electron chi connectivity index (χ1n) is 9.07. The minimum atomic E-state index is -0.0427. The van der Waals surface area contributed by atoms with E-state index < -0.39 is 0 Å². The Hall–Kier alpha value is -2.30. The number of nitrogens with one attached hydrogen (secondary N) is 2. The molecule has 0 aliphatic carbocycles. The molecule has 0 aliphatic heterocycles. The fourth-order valence-electron chi connectivity index (χ4n) is 3.30. The van der Waals surface area contributed by atoms with Crippen molar-refractivity contribution < 1.29 is 9.15 Å². The largest absolute Gasteiger partial charge is 0.493 e. The molecule has 1 heterocycles. The van der Waals surface area contributed by atoms with Gasteiger partial charge in [0.2, 0.25) is 0 Å². The lowest BCUT2D eigenvalue weighted by atomic mass is 10.0. The highest BCUT2D eigenvalue weighted by Crippen LogP contribution is 2.28. The van der Waals surface area contributed by atoms with Crippen molar-refractivity contribution in [2.24, 2.45) is 0 Å². The van der Waals surface area contributed by atoms with Crippen LogP contribution in [0.25, 0.3) is 11.0 Å². The lowest BCUT2D eigenvalue weighted by molar-refractivity contribution is 0.325.